The fraction of sp³-hybridized carbons (Fsp3) is 0.441. The first kappa shape index (κ1) is 36.8. The van der Waals surface area contributed by atoms with Crippen LogP contribution in [0.5, 0.6) is 0 Å². The Morgan fingerprint density at radius 2 is 1.24 bits per heavy atom. The SMILES string of the molecule is COC(=O)[C@H](CC(C)C)c1cc(-c2ccc(C(F)(F)F)cc2)cc(N(CCC(C)C)Cc2cc(C(F)(F)F)cc(C(F)(F)F)c2)c1. The van der Waals surface area contributed by atoms with Gasteiger partial charge < -0.3 is 9.64 Å². The lowest BCUT2D eigenvalue weighted by molar-refractivity contribution is -0.144. The summed E-state index contributed by atoms with van der Waals surface area (Å²) in [5, 5.41) is 0. The van der Waals surface area contributed by atoms with Crippen LogP contribution in [0.1, 0.15) is 74.3 Å². The predicted molar refractivity (Wildman–Crippen MR) is 158 cm³/mol. The molecule has 0 bridgehead atoms. The number of methoxy groups -OCH3 is 1. The minimum Gasteiger partial charge on any atom is -0.469 e. The Hall–Kier alpha value is -3.70. The second-order valence-electron chi connectivity index (χ2n) is 12.1. The molecule has 1 atom stereocenters. The van der Waals surface area contributed by atoms with Crippen LogP contribution in [-0.2, 0) is 34.6 Å². The van der Waals surface area contributed by atoms with Crippen LogP contribution in [0.4, 0.5) is 45.2 Å². The van der Waals surface area contributed by atoms with Crippen LogP contribution in [0.25, 0.3) is 11.1 Å². The van der Waals surface area contributed by atoms with E-state index in [-0.39, 0.29) is 36.6 Å². The summed E-state index contributed by atoms with van der Waals surface area (Å²) in [6, 6.07) is 10.6. The molecule has 252 valence electrons. The van der Waals surface area contributed by atoms with Gasteiger partial charge in [-0.1, -0.05) is 45.9 Å². The van der Waals surface area contributed by atoms with Gasteiger partial charge in [0.2, 0.25) is 0 Å². The summed E-state index contributed by atoms with van der Waals surface area (Å²) in [7, 11) is 1.22. The van der Waals surface area contributed by atoms with E-state index >= 15 is 0 Å². The molecule has 0 unspecified atom stereocenters. The van der Waals surface area contributed by atoms with E-state index < -0.39 is 47.1 Å². The first-order valence-corrected chi connectivity index (χ1v) is 14.6. The van der Waals surface area contributed by atoms with Gasteiger partial charge in [-0.25, -0.2) is 0 Å². The summed E-state index contributed by atoms with van der Waals surface area (Å²) in [6.45, 7) is 7.46. The Labute approximate surface area is 262 Å². The van der Waals surface area contributed by atoms with Gasteiger partial charge in [0.15, 0.2) is 0 Å². The van der Waals surface area contributed by atoms with Gasteiger partial charge in [0, 0.05) is 18.8 Å². The molecule has 0 heterocycles. The quantitative estimate of drug-likeness (QED) is 0.151. The molecule has 12 heteroatoms. The van der Waals surface area contributed by atoms with E-state index in [1.54, 1.807) is 23.1 Å². The zero-order valence-electron chi connectivity index (χ0n) is 26.0. The highest BCUT2D eigenvalue weighted by molar-refractivity contribution is 5.80. The van der Waals surface area contributed by atoms with Gasteiger partial charge in [-0.3, -0.25) is 4.79 Å². The number of halogens is 9. The smallest absolute Gasteiger partial charge is 0.416 e. The number of alkyl halides is 9. The van der Waals surface area contributed by atoms with Gasteiger partial charge >= 0.3 is 24.5 Å². The molecule has 3 nitrogen and oxygen atoms in total. The molecular weight excluding hydrogens is 625 g/mol. The Morgan fingerprint density at radius 3 is 1.70 bits per heavy atom. The van der Waals surface area contributed by atoms with Crippen molar-refractivity contribution in [3.63, 3.8) is 0 Å². The van der Waals surface area contributed by atoms with Gasteiger partial charge in [0.1, 0.15) is 0 Å². The Bertz CT molecular complexity index is 1440. The molecule has 0 saturated carbocycles. The van der Waals surface area contributed by atoms with Gasteiger partial charge in [-0.2, -0.15) is 39.5 Å². The summed E-state index contributed by atoms with van der Waals surface area (Å²) in [5.74, 6) is -1.23. The lowest BCUT2D eigenvalue weighted by Crippen LogP contribution is -2.26. The molecule has 3 aromatic carbocycles. The zero-order valence-corrected chi connectivity index (χ0v) is 26.0. The maximum atomic E-state index is 13.7. The molecule has 0 spiro atoms. The van der Waals surface area contributed by atoms with E-state index in [1.807, 2.05) is 27.7 Å². The van der Waals surface area contributed by atoms with Crippen molar-refractivity contribution in [2.45, 2.75) is 71.5 Å². The van der Waals surface area contributed by atoms with Crippen LogP contribution in [-0.4, -0.2) is 19.6 Å². The minimum atomic E-state index is -5.03. The van der Waals surface area contributed by atoms with E-state index in [0.717, 1.165) is 12.1 Å². The van der Waals surface area contributed by atoms with E-state index in [4.69, 9.17) is 4.74 Å². The van der Waals surface area contributed by atoms with Gasteiger partial charge in [0.25, 0.3) is 0 Å². The number of nitrogens with zero attached hydrogens (tertiary/aromatic N) is 1. The summed E-state index contributed by atoms with van der Waals surface area (Å²) >= 11 is 0. The molecule has 0 aliphatic rings. The van der Waals surface area contributed by atoms with Crippen molar-refractivity contribution in [1.29, 1.82) is 0 Å². The predicted octanol–water partition coefficient (Wildman–Crippen LogP) is 10.8. The number of hydrogen-bond donors (Lipinski definition) is 0. The van der Waals surface area contributed by atoms with Crippen LogP contribution < -0.4 is 4.90 Å². The van der Waals surface area contributed by atoms with Crippen LogP contribution in [0, 0.1) is 11.8 Å². The van der Waals surface area contributed by atoms with Gasteiger partial charge in [-0.15, -0.1) is 0 Å². The third kappa shape index (κ3) is 9.90. The molecule has 46 heavy (non-hydrogen) atoms. The third-order valence-electron chi connectivity index (χ3n) is 7.44. The number of rotatable bonds is 11. The van der Waals surface area contributed by atoms with Gasteiger partial charge in [-0.05, 0) is 89.4 Å². The molecule has 0 aromatic heterocycles. The van der Waals surface area contributed by atoms with Crippen LogP contribution >= 0.6 is 0 Å². The molecule has 0 aliphatic carbocycles. The van der Waals surface area contributed by atoms with Crippen molar-refractivity contribution in [2.24, 2.45) is 11.8 Å². The van der Waals surface area contributed by atoms with Crippen LogP contribution in [0.3, 0.4) is 0 Å². The Kier molecular flexibility index (Phi) is 11.5. The van der Waals surface area contributed by atoms with Crippen molar-refractivity contribution < 1.29 is 49.0 Å². The maximum absolute atomic E-state index is 13.7. The number of carbonyl (C=O) groups excluding carboxylic acids is 1. The zero-order chi connectivity index (χ0) is 34.6. The number of ether oxygens (including phenoxy) is 1. The molecular formula is C34H36F9NO2. The Balaban J connectivity index is 2.26. The van der Waals surface area contributed by atoms with E-state index in [0.29, 0.717) is 47.4 Å². The topological polar surface area (TPSA) is 29.5 Å². The van der Waals surface area contributed by atoms with Crippen molar-refractivity contribution in [3.8, 4) is 11.1 Å². The van der Waals surface area contributed by atoms with Crippen LogP contribution in [0.15, 0.2) is 60.7 Å². The number of carbonyl (C=O) groups is 1. The third-order valence-corrected chi connectivity index (χ3v) is 7.44. The average molecular weight is 662 g/mol. The first-order valence-electron chi connectivity index (χ1n) is 14.6. The number of hydrogen-bond acceptors (Lipinski definition) is 3. The monoisotopic (exact) mass is 661 g/mol. The van der Waals surface area contributed by atoms with Crippen molar-refractivity contribution in [1.82, 2.24) is 0 Å². The Morgan fingerprint density at radius 1 is 0.696 bits per heavy atom. The summed E-state index contributed by atoms with van der Waals surface area (Å²) in [4.78, 5) is 14.5. The number of anilines is 1. The molecule has 0 radical (unpaired) electrons. The molecule has 0 saturated heterocycles. The standard InChI is InChI=1S/C34H36F9NO2/c1-20(2)10-11-44(19-22-13-27(33(38,39)40)18-28(14-22)34(41,42)43)29-16-24(23-6-8-26(9-7-23)32(35,36)37)15-25(17-29)30(12-21(3)4)31(45)46-5/h6-9,13-18,20-21,30H,10-12,19H2,1-5H3/t30-/m1/s1. The molecule has 0 fully saturated rings. The average Bonchev–Trinajstić information content (AvgIpc) is 2.95. The van der Waals surface area contributed by atoms with Crippen molar-refractivity contribution in [3.05, 3.63) is 88.5 Å². The first-order chi connectivity index (χ1) is 21.2. The highest BCUT2D eigenvalue weighted by Gasteiger charge is 2.37. The second-order valence-corrected chi connectivity index (χ2v) is 12.1. The van der Waals surface area contributed by atoms with Crippen molar-refractivity contribution in [2.75, 3.05) is 18.6 Å². The molecule has 3 aromatic rings. The van der Waals surface area contributed by atoms with E-state index in [2.05, 4.69) is 0 Å². The van der Waals surface area contributed by atoms with Crippen LogP contribution in [0.2, 0.25) is 0 Å². The molecule has 3 rings (SSSR count). The summed E-state index contributed by atoms with van der Waals surface area (Å²) in [5.41, 5.74) is -2.40. The molecule has 0 N–H and O–H groups in total. The van der Waals surface area contributed by atoms with Gasteiger partial charge in [0.05, 0.1) is 29.7 Å². The molecule has 0 amide bonds. The largest absolute Gasteiger partial charge is 0.469 e. The normalized spacial score (nSPS) is 13.3. The minimum absolute atomic E-state index is 0.0187. The summed E-state index contributed by atoms with van der Waals surface area (Å²) < 4.78 is 127. The van der Waals surface area contributed by atoms with E-state index in [9.17, 15) is 44.3 Å². The highest BCUT2D eigenvalue weighted by atomic mass is 19.4. The number of benzene rings is 3. The van der Waals surface area contributed by atoms with E-state index in [1.165, 1.54) is 19.2 Å². The maximum Gasteiger partial charge on any atom is 0.416 e. The highest BCUT2D eigenvalue weighted by Crippen LogP contribution is 2.39. The van der Waals surface area contributed by atoms with Crippen molar-refractivity contribution >= 4 is 11.7 Å². The fourth-order valence-electron chi connectivity index (χ4n) is 5.06. The second kappa shape index (κ2) is 14.4. The lowest BCUT2D eigenvalue weighted by atomic mass is 9.87. The fourth-order valence-corrected chi connectivity index (χ4v) is 5.06. The number of esters is 1. The lowest BCUT2D eigenvalue weighted by Gasteiger charge is -2.29. The summed E-state index contributed by atoms with van der Waals surface area (Å²) in [6.07, 6.45) is -13.8. The molecule has 0 aliphatic heterocycles.